The summed E-state index contributed by atoms with van der Waals surface area (Å²) in [7, 11) is 2.04. The molecular formula is C15H15BrN4. The van der Waals surface area contributed by atoms with Crippen molar-refractivity contribution in [2.75, 3.05) is 5.32 Å². The number of hydrogen-bond donors (Lipinski definition) is 1. The van der Waals surface area contributed by atoms with Gasteiger partial charge in [-0.2, -0.15) is 0 Å². The molecule has 3 aromatic rings. The van der Waals surface area contributed by atoms with E-state index in [-0.39, 0.29) is 0 Å². The summed E-state index contributed by atoms with van der Waals surface area (Å²) in [6, 6.07) is 10.2. The highest BCUT2D eigenvalue weighted by Gasteiger charge is 2.07. The lowest BCUT2D eigenvalue weighted by Gasteiger charge is -2.07. The van der Waals surface area contributed by atoms with Crippen molar-refractivity contribution in [3.05, 3.63) is 52.5 Å². The first-order valence-corrected chi connectivity index (χ1v) is 7.21. The molecule has 20 heavy (non-hydrogen) atoms. The molecule has 2 aromatic heterocycles. The Bertz CT molecular complexity index is 764. The predicted molar refractivity (Wildman–Crippen MR) is 84.7 cm³/mol. The van der Waals surface area contributed by atoms with Crippen molar-refractivity contribution >= 4 is 32.7 Å². The Morgan fingerprint density at radius 3 is 2.85 bits per heavy atom. The van der Waals surface area contributed by atoms with Crippen LogP contribution in [0.4, 0.5) is 5.69 Å². The third-order valence-electron chi connectivity index (χ3n) is 3.34. The van der Waals surface area contributed by atoms with Crippen molar-refractivity contribution < 1.29 is 0 Å². The zero-order valence-electron chi connectivity index (χ0n) is 11.4. The fraction of sp³-hybridized carbons (Fsp3) is 0.200. The van der Waals surface area contributed by atoms with E-state index in [0.717, 1.165) is 32.7 Å². The molecule has 4 nitrogen and oxygen atoms in total. The first-order valence-electron chi connectivity index (χ1n) is 6.41. The van der Waals surface area contributed by atoms with Gasteiger partial charge >= 0.3 is 0 Å². The number of nitrogens with zero attached hydrogens (tertiary/aromatic N) is 3. The van der Waals surface area contributed by atoms with Crippen LogP contribution in [0.5, 0.6) is 0 Å². The van der Waals surface area contributed by atoms with Crippen LogP contribution in [0.15, 0.2) is 41.1 Å². The van der Waals surface area contributed by atoms with Gasteiger partial charge in [0.15, 0.2) is 0 Å². The monoisotopic (exact) mass is 330 g/mol. The SMILES string of the molecule is Cc1cc(NCc2nc3ccccc3n2C)cnc1Br. The van der Waals surface area contributed by atoms with E-state index in [4.69, 9.17) is 0 Å². The van der Waals surface area contributed by atoms with Gasteiger partial charge in [0.2, 0.25) is 0 Å². The Hall–Kier alpha value is -1.88. The molecule has 0 bridgehead atoms. The summed E-state index contributed by atoms with van der Waals surface area (Å²) in [5, 5.41) is 3.36. The highest BCUT2D eigenvalue weighted by atomic mass is 79.9. The molecule has 0 radical (unpaired) electrons. The number of fused-ring (bicyclic) bond motifs is 1. The van der Waals surface area contributed by atoms with Crippen LogP contribution in [0.25, 0.3) is 11.0 Å². The molecule has 0 aliphatic heterocycles. The van der Waals surface area contributed by atoms with Crippen LogP contribution < -0.4 is 5.32 Å². The van der Waals surface area contributed by atoms with E-state index in [1.54, 1.807) is 0 Å². The Morgan fingerprint density at radius 2 is 2.10 bits per heavy atom. The summed E-state index contributed by atoms with van der Waals surface area (Å²) in [6.07, 6.45) is 1.82. The van der Waals surface area contributed by atoms with Crippen LogP contribution >= 0.6 is 15.9 Å². The summed E-state index contributed by atoms with van der Waals surface area (Å²) < 4.78 is 2.99. The average Bonchev–Trinajstić information content (AvgIpc) is 2.77. The lowest BCUT2D eigenvalue weighted by molar-refractivity contribution is 0.834. The minimum absolute atomic E-state index is 0.675. The lowest BCUT2D eigenvalue weighted by atomic mass is 10.3. The molecule has 102 valence electrons. The third-order valence-corrected chi connectivity index (χ3v) is 4.17. The second-order valence-electron chi connectivity index (χ2n) is 4.76. The number of para-hydroxylation sites is 2. The van der Waals surface area contributed by atoms with Gasteiger partial charge in [-0.3, -0.25) is 0 Å². The molecule has 5 heteroatoms. The number of benzene rings is 1. The minimum Gasteiger partial charge on any atom is -0.377 e. The molecule has 0 amide bonds. The zero-order chi connectivity index (χ0) is 14.1. The van der Waals surface area contributed by atoms with Crippen molar-refractivity contribution in [3.63, 3.8) is 0 Å². The largest absolute Gasteiger partial charge is 0.377 e. The van der Waals surface area contributed by atoms with E-state index in [1.165, 1.54) is 0 Å². The first-order chi connectivity index (χ1) is 9.65. The maximum atomic E-state index is 4.64. The van der Waals surface area contributed by atoms with E-state index < -0.39 is 0 Å². The maximum absolute atomic E-state index is 4.64. The molecule has 0 spiro atoms. The normalized spacial score (nSPS) is 10.9. The van der Waals surface area contributed by atoms with Gasteiger partial charge in [-0.25, -0.2) is 9.97 Å². The lowest BCUT2D eigenvalue weighted by Crippen LogP contribution is -2.06. The predicted octanol–water partition coefficient (Wildman–Crippen LogP) is 3.65. The van der Waals surface area contributed by atoms with Gasteiger partial charge in [-0.1, -0.05) is 12.1 Å². The van der Waals surface area contributed by atoms with Crippen molar-refractivity contribution in [1.29, 1.82) is 0 Å². The van der Waals surface area contributed by atoms with Crippen LogP contribution in [-0.2, 0) is 13.6 Å². The molecule has 0 unspecified atom stereocenters. The van der Waals surface area contributed by atoms with Crippen LogP contribution in [0.3, 0.4) is 0 Å². The van der Waals surface area contributed by atoms with Crippen molar-refractivity contribution in [2.24, 2.45) is 7.05 Å². The summed E-state index contributed by atoms with van der Waals surface area (Å²) in [4.78, 5) is 8.92. The van der Waals surface area contributed by atoms with Crippen molar-refractivity contribution in [1.82, 2.24) is 14.5 Å². The number of aromatic nitrogens is 3. The van der Waals surface area contributed by atoms with E-state index in [1.807, 2.05) is 38.4 Å². The first kappa shape index (κ1) is 13.1. The summed E-state index contributed by atoms with van der Waals surface area (Å²) >= 11 is 3.40. The molecule has 1 aromatic carbocycles. The van der Waals surface area contributed by atoms with Crippen molar-refractivity contribution in [3.8, 4) is 0 Å². The zero-order valence-corrected chi connectivity index (χ0v) is 13.0. The highest BCUT2D eigenvalue weighted by molar-refractivity contribution is 9.10. The summed E-state index contributed by atoms with van der Waals surface area (Å²) in [6.45, 7) is 2.70. The number of pyridine rings is 1. The van der Waals surface area contributed by atoms with E-state index in [9.17, 15) is 0 Å². The number of hydrogen-bond acceptors (Lipinski definition) is 3. The standard InChI is InChI=1S/C15H15BrN4/c1-10-7-11(8-18-15(10)16)17-9-14-19-12-5-3-4-6-13(12)20(14)2/h3-8,17H,9H2,1-2H3. The third kappa shape index (κ3) is 2.41. The van der Waals surface area contributed by atoms with Crippen LogP contribution in [0.2, 0.25) is 0 Å². The van der Waals surface area contributed by atoms with Gasteiger partial charge in [-0.15, -0.1) is 0 Å². The van der Waals surface area contributed by atoms with Gasteiger partial charge < -0.3 is 9.88 Å². The molecule has 0 aliphatic carbocycles. The number of halogens is 1. The van der Waals surface area contributed by atoms with Crippen LogP contribution in [0, 0.1) is 6.92 Å². The number of rotatable bonds is 3. The van der Waals surface area contributed by atoms with Gasteiger partial charge in [0, 0.05) is 7.05 Å². The molecule has 3 rings (SSSR count). The van der Waals surface area contributed by atoms with Crippen LogP contribution in [0.1, 0.15) is 11.4 Å². The van der Waals surface area contributed by atoms with Crippen molar-refractivity contribution in [2.45, 2.75) is 13.5 Å². The number of imidazole rings is 1. The molecule has 0 atom stereocenters. The second-order valence-corrected chi connectivity index (χ2v) is 5.51. The molecular weight excluding hydrogens is 316 g/mol. The molecule has 1 N–H and O–H groups in total. The average molecular weight is 331 g/mol. The fourth-order valence-corrected chi connectivity index (χ4v) is 2.41. The molecule has 0 aliphatic rings. The quantitative estimate of drug-likeness (QED) is 0.745. The molecule has 0 saturated carbocycles. The van der Waals surface area contributed by atoms with Gasteiger partial charge in [0.25, 0.3) is 0 Å². The number of nitrogens with one attached hydrogen (secondary N) is 1. The Morgan fingerprint density at radius 1 is 1.30 bits per heavy atom. The number of aryl methyl sites for hydroxylation is 2. The van der Waals surface area contributed by atoms with E-state index in [2.05, 4.69) is 47.9 Å². The fourth-order valence-electron chi connectivity index (χ4n) is 2.19. The Kier molecular flexibility index (Phi) is 3.44. The highest BCUT2D eigenvalue weighted by Crippen LogP contribution is 2.18. The Balaban J connectivity index is 1.83. The van der Waals surface area contributed by atoms with Gasteiger partial charge in [0.05, 0.1) is 29.5 Å². The number of anilines is 1. The topological polar surface area (TPSA) is 42.7 Å². The molecule has 0 fully saturated rings. The summed E-state index contributed by atoms with van der Waals surface area (Å²) in [5.74, 6) is 1.01. The smallest absolute Gasteiger partial charge is 0.128 e. The van der Waals surface area contributed by atoms with Gasteiger partial charge in [-0.05, 0) is 46.6 Å². The second kappa shape index (κ2) is 5.25. The minimum atomic E-state index is 0.675. The van der Waals surface area contributed by atoms with E-state index >= 15 is 0 Å². The van der Waals surface area contributed by atoms with Crippen LogP contribution in [-0.4, -0.2) is 14.5 Å². The molecule has 2 heterocycles. The Labute approximate surface area is 126 Å². The van der Waals surface area contributed by atoms with E-state index in [0.29, 0.717) is 6.54 Å². The maximum Gasteiger partial charge on any atom is 0.128 e. The summed E-state index contributed by atoms with van der Waals surface area (Å²) in [5.41, 5.74) is 4.28. The molecule has 0 saturated heterocycles. The van der Waals surface area contributed by atoms with Gasteiger partial charge in [0.1, 0.15) is 10.4 Å².